The normalized spacial score (nSPS) is 11.9. The number of sulfonamides is 1. The molecule has 188 valence electrons. The second-order valence-corrected chi connectivity index (χ2v) is 11.0. The van der Waals surface area contributed by atoms with Crippen LogP contribution in [0.4, 0.5) is 11.5 Å². The van der Waals surface area contributed by atoms with Crippen molar-refractivity contribution >= 4 is 50.8 Å². The number of hydrogen-bond acceptors (Lipinski definition) is 8. The summed E-state index contributed by atoms with van der Waals surface area (Å²) in [6, 6.07) is 14.3. The monoisotopic (exact) mass is 544 g/mol. The molecule has 0 radical (unpaired) electrons. The molecule has 0 bridgehead atoms. The van der Waals surface area contributed by atoms with Crippen LogP contribution in [0, 0.1) is 11.3 Å². The SMILES string of the molecule is CCCCc1ccc(C#N)c(SC(CC)C(=O)Nc2ccc(S(=O)(=O)Nc3ccc(Cl)nn3)cc2)n1. The molecule has 3 aromatic rings. The molecule has 1 aromatic carbocycles. The van der Waals surface area contributed by atoms with Gasteiger partial charge < -0.3 is 5.32 Å². The van der Waals surface area contributed by atoms with E-state index in [2.05, 4.69) is 38.2 Å². The summed E-state index contributed by atoms with van der Waals surface area (Å²) in [7, 11) is -3.90. The molecule has 0 fully saturated rings. The summed E-state index contributed by atoms with van der Waals surface area (Å²) < 4.78 is 27.5. The number of halogens is 1. The maximum absolute atomic E-state index is 13.0. The number of benzene rings is 1. The molecule has 0 spiro atoms. The molecule has 2 N–H and O–H groups in total. The fourth-order valence-electron chi connectivity index (χ4n) is 3.11. The number of nitrogens with zero attached hydrogens (tertiary/aromatic N) is 4. The first-order valence-corrected chi connectivity index (χ1v) is 14.0. The van der Waals surface area contributed by atoms with Crippen LogP contribution in [-0.4, -0.2) is 34.8 Å². The van der Waals surface area contributed by atoms with Gasteiger partial charge in [-0.25, -0.2) is 13.4 Å². The molecular formula is C24H25ClN6O3S2. The molecule has 0 aliphatic rings. The van der Waals surface area contributed by atoms with Gasteiger partial charge in [0.05, 0.1) is 15.7 Å². The second kappa shape index (κ2) is 12.7. The molecular weight excluding hydrogens is 520 g/mol. The number of amides is 1. The molecule has 0 aliphatic heterocycles. The van der Waals surface area contributed by atoms with Crippen molar-refractivity contribution in [2.75, 3.05) is 10.0 Å². The predicted octanol–water partition coefficient (Wildman–Crippen LogP) is 5.05. The van der Waals surface area contributed by atoms with Gasteiger partial charge >= 0.3 is 0 Å². The molecule has 0 saturated carbocycles. The van der Waals surface area contributed by atoms with E-state index in [9.17, 15) is 18.5 Å². The van der Waals surface area contributed by atoms with E-state index in [0.29, 0.717) is 22.7 Å². The molecule has 9 nitrogen and oxygen atoms in total. The van der Waals surface area contributed by atoms with E-state index in [1.54, 1.807) is 6.07 Å². The lowest BCUT2D eigenvalue weighted by Crippen LogP contribution is -2.25. The molecule has 0 saturated heterocycles. The third kappa shape index (κ3) is 7.40. The Morgan fingerprint density at radius 2 is 1.86 bits per heavy atom. The Bertz CT molecular complexity index is 1340. The molecule has 2 heterocycles. The van der Waals surface area contributed by atoms with Crippen LogP contribution >= 0.6 is 23.4 Å². The van der Waals surface area contributed by atoms with Gasteiger partial charge in [-0.15, -0.1) is 10.2 Å². The lowest BCUT2D eigenvalue weighted by molar-refractivity contribution is -0.115. The number of unbranched alkanes of at least 4 members (excludes halogenated alkanes) is 1. The number of aromatic nitrogens is 3. The molecule has 1 atom stereocenters. The van der Waals surface area contributed by atoms with Crippen molar-refractivity contribution < 1.29 is 13.2 Å². The first-order valence-electron chi connectivity index (χ1n) is 11.2. The summed E-state index contributed by atoms with van der Waals surface area (Å²) >= 11 is 6.92. The average Bonchev–Trinajstić information content (AvgIpc) is 2.87. The van der Waals surface area contributed by atoms with Gasteiger partial charge in [0.1, 0.15) is 11.1 Å². The third-order valence-corrected chi connectivity index (χ3v) is 7.98. The summed E-state index contributed by atoms with van der Waals surface area (Å²) in [4.78, 5) is 17.6. The van der Waals surface area contributed by atoms with Crippen LogP contribution in [0.5, 0.6) is 0 Å². The zero-order valence-corrected chi connectivity index (χ0v) is 22.1. The smallest absolute Gasteiger partial charge is 0.263 e. The molecule has 1 unspecified atom stereocenters. The van der Waals surface area contributed by atoms with Gasteiger partial charge in [-0.3, -0.25) is 9.52 Å². The third-order valence-electron chi connectivity index (χ3n) is 5.05. The zero-order valence-electron chi connectivity index (χ0n) is 19.7. The quantitative estimate of drug-likeness (QED) is 0.320. The van der Waals surface area contributed by atoms with Gasteiger partial charge in [0.2, 0.25) is 5.91 Å². The van der Waals surface area contributed by atoms with Crippen molar-refractivity contribution in [3.05, 3.63) is 64.9 Å². The standard InChI is InChI=1S/C24H25ClN6O3S2/c1-3-5-6-17-8-7-16(15-26)24(28-17)35-20(4-2)23(32)27-18-9-11-19(12-10-18)36(33,34)31-22-14-13-21(25)29-30-22/h7-14,20H,3-6H2,1-2H3,(H,27,32)(H,30,31). The number of nitriles is 1. The Hall–Kier alpha value is -3.20. The topological polar surface area (TPSA) is 138 Å². The van der Waals surface area contributed by atoms with E-state index in [1.807, 2.05) is 13.0 Å². The van der Waals surface area contributed by atoms with Crippen LogP contribution in [0.25, 0.3) is 0 Å². The summed E-state index contributed by atoms with van der Waals surface area (Å²) in [5.41, 5.74) is 1.76. The first-order chi connectivity index (χ1) is 17.2. The van der Waals surface area contributed by atoms with Crippen molar-refractivity contribution in [3.63, 3.8) is 0 Å². The number of hydrogen-bond donors (Lipinski definition) is 2. The molecule has 36 heavy (non-hydrogen) atoms. The molecule has 12 heteroatoms. The summed E-state index contributed by atoms with van der Waals surface area (Å²) in [6.07, 6.45) is 3.36. The summed E-state index contributed by atoms with van der Waals surface area (Å²) in [6.45, 7) is 3.98. The fourth-order valence-corrected chi connectivity index (χ4v) is 5.22. The van der Waals surface area contributed by atoms with E-state index >= 15 is 0 Å². The van der Waals surface area contributed by atoms with Crippen LogP contribution < -0.4 is 10.0 Å². The van der Waals surface area contributed by atoms with Crippen LogP contribution in [0.1, 0.15) is 44.4 Å². The van der Waals surface area contributed by atoms with E-state index in [1.165, 1.54) is 48.2 Å². The van der Waals surface area contributed by atoms with E-state index in [0.717, 1.165) is 25.0 Å². The number of aryl methyl sites for hydroxylation is 1. The van der Waals surface area contributed by atoms with E-state index in [-0.39, 0.29) is 21.8 Å². The number of pyridine rings is 1. The highest BCUT2D eigenvalue weighted by atomic mass is 35.5. The van der Waals surface area contributed by atoms with Gasteiger partial charge in [0.15, 0.2) is 11.0 Å². The van der Waals surface area contributed by atoms with Crippen molar-refractivity contribution in [1.82, 2.24) is 15.2 Å². The number of rotatable bonds is 11. The Labute approximate surface area is 219 Å². The average molecular weight is 545 g/mol. The van der Waals surface area contributed by atoms with Crippen LogP contribution in [0.15, 0.2) is 58.5 Å². The summed E-state index contributed by atoms with van der Waals surface area (Å²) in [5, 5.41) is 19.8. The minimum Gasteiger partial charge on any atom is -0.325 e. The maximum Gasteiger partial charge on any atom is 0.263 e. The number of nitrogens with one attached hydrogen (secondary N) is 2. The van der Waals surface area contributed by atoms with Gasteiger partial charge in [-0.1, -0.05) is 43.6 Å². The number of thioether (sulfide) groups is 1. The lowest BCUT2D eigenvalue weighted by Gasteiger charge is -2.16. The van der Waals surface area contributed by atoms with Crippen molar-refractivity contribution in [1.29, 1.82) is 5.26 Å². The second-order valence-electron chi connectivity index (χ2n) is 7.75. The van der Waals surface area contributed by atoms with E-state index in [4.69, 9.17) is 11.6 Å². The fraction of sp³-hybridized carbons (Fsp3) is 0.292. The highest BCUT2D eigenvalue weighted by Crippen LogP contribution is 2.28. The minimum atomic E-state index is -3.90. The van der Waals surface area contributed by atoms with Gasteiger partial charge in [0.25, 0.3) is 10.0 Å². The Morgan fingerprint density at radius 1 is 1.11 bits per heavy atom. The first kappa shape index (κ1) is 27.4. The Kier molecular flexibility index (Phi) is 9.64. The van der Waals surface area contributed by atoms with Gasteiger partial charge in [-0.2, -0.15) is 5.26 Å². The molecule has 1 amide bonds. The zero-order chi connectivity index (χ0) is 26.1. The lowest BCUT2D eigenvalue weighted by atomic mass is 10.2. The molecule has 0 aliphatic carbocycles. The highest BCUT2D eigenvalue weighted by Gasteiger charge is 2.22. The van der Waals surface area contributed by atoms with Gasteiger partial charge in [0, 0.05) is 11.4 Å². The molecule has 3 rings (SSSR count). The Balaban J connectivity index is 1.69. The molecule has 2 aromatic heterocycles. The highest BCUT2D eigenvalue weighted by molar-refractivity contribution is 8.00. The van der Waals surface area contributed by atoms with Gasteiger partial charge in [-0.05, 0) is 67.8 Å². The van der Waals surface area contributed by atoms with Crippen LogP contribution in [0.3, 0.4) is 0 Å². The van der Waals surface area contributed by atoms with Crippen LogP contribution in [-0.2, 0) is 21.2 Å². The summed E-state index contributed by atoms with van der Waals surface area (Å²) in [5.74, 6) is -0.235. The van der Waals surface area contributed by atoms with Crippen molar-refractivity contribution in [3.8, 4) is 6.07 Å². The predicted molar refractivity (Wildman–Crippen MR) is 140 cm³/mol. The number of anilines is 2. The van der Waals surface area contributed by atoms with E-state index < -0.39 is 15.3 Å². The number of carbonyl (C=O) groups excluding carboxylic acids is 1. The van der Waals surface area contributed by atoms with Crippen molar-refractivity contribution in [2.24, 2.45) is 0 Å². The van der Waals surface area contributed by atoms with Crippen LogP contribution in [0.2, 0.25) is 5.15 Å². The van der Waals surface area contributed by atoms with Crippen molar-refractivity contribution in [2.45, 2.75) is 54.7 Å². The maximum atomic E-state index is 13.0. The number of carbonyl (C=O) groups is 1. The Morgan fingerprint density at radius 3 is 2.47 bits per heavy atom. The largest absolute Gasteiger partial charge is 0.325 e. The minimum absolute atomic E-state index is 0.00887.